The van der Waals surface area contributed by atoms with Gasteiger partial charge in [0.2, 0.25) is 5.82 Å². The highest BCUT2D eigenvalue weighted by molar-refractivity contribution is 5.85. The smallest absolute Gasteiger partial charge is 0.317 e. The van der Waals surface area contributed by atoms with Crippen LogP contribution in [0.3, 0.4) is 0 Å². The molecule has 0 fully saturated rings. The van der Waals surface area contributed by atoms with Crippen molar-refractivity contribution in [3.63, 3.8) is 0 Å². The molecule has 0 saturated heterocycles. The van der Waals surface area contributed by atoms with Gasteiger partial charge in [0.25, 0.3) is 5.89 Å². The summed E-state index contributed by atoms with van der Waals surface area (Å²) in [5, 5.41) is 14.4. The quantitative estimate of drug-likeness (QED) is 0.468. The van der Waals surface area contributed by atoms with E-state index in [-0.39, 0.29) is 19.0 Å². The van der Waals surface area contributed by atoms with Crippen molar-refractivity contribution in [2.24, 2.45) is 0 Å². The van der Waals surface area contributed by atoms with Gasteiger partial charge in [0, 0.05) is 47.4 Å². The Balaban J connectivity index is 0.00000245. The minimum absolute atomic E-state index is 0. The number of carboxylic acids is 1. The number of halogens is 1. The molecule has 32 heavy (non-hydrogen) atoms. The Kier molecular flexibility index (Phi) is 6.04. The number of aromatic nitrogens is 3. The molecule has 0 unspecified atom stereocenters. The lowest BCUT2D eigenvalue weighted by Crippen LogP contribution is -2.34. The maximum Gasteiger partial charge on any atom is 0.317 e. The zero-order valence-electron chi connectivity index (χ0n) is 18.0. The van der Waals surface area contributed by atoms with Crippen LogP contribution in [-0.2, 0) is 17.8 Å². The van der Waals surface area contributed by atoms with E-state index in [1.165, 1.54) is 11.1 Å². The highest BCUT2D eigenvalue weighted by Gasteiger charge is 2.20. The Labute approximate surface area is 192 Å². The number of hydrogen-bond acceptors (Lipinski definition) is 5. The van der Waals surface area contributed by atoms with Gasteiger partial charge in [-0.25, -0.2) is 0 Å². The van der Waals surface area contributed by atoms with Crippen molar-refractivity contribution in [1.82, 2.24) is 19.6 Å². The van der Waals surface area contributed by atoms with Crippen LogP contribution in [0.5, 0.6) is 0 Å². The SMILES string of the molecule is CC(C)n1ccc2cc(-c3nc(-c4ccc5c(c4)CN(CC(=O)O)CC5)no3)ccc21.Cl. The first-order chi connectivity index (χ1) is 15.0. The van der Waals surface area contributed by atoms with Crippen LogP contribution >= 0.6 is 12.4 Å². The number of carboxylic acid groups (broad SMARTS) is 1. The Morgan fingerprint density at radius 1 is 1.12 bits per heavy atom. The topological polar surface area (TPSA) is 84.4 Å². The van der Waals surface area contributed by atoms with Crippen LogP contribution in [0.4, 0.5) is 0 Å². The van der Waals surface area contributed by atoms with Crippen molar-refractivity contribution in [3.8, 4) is 22.8 Å². The van der Waals surface area contributed by atoms with Crippen molar-refractivity contribution in [2.75, 3.05) is 13.1 Å². The number of nitrogens with zero attached hydrogens (tertiary/aromatic N) is 4. The third-order valence-electron chi connectivity index (χ3n) is 5.86. The fraction of sp³-hybridized carbons (Fsp3) is 0.292. The van der Waals surface area contributed by atoms with E-state index < -0.39 is 5.97 Å². The summed E-state index contributed by atoms with van der Waals surface area (Å²) in [5.74, 6) is 0.218. The summed E-state index contributed by atoms with van der Waals surface area (Å²) < 4.78 is 7.81. The molecule has 3 heterocycles. The Morgan fingerprint density at radius 2 is 1.94 bits per heavy atom. The molecule has 8 heteroatoms. The zero-order chi connectivity index (χ0) is 21.5. The zero-order valence-corrected chi connectivity index (χ0v) is 18.8. The average Bonchev–Trinajstić information content (AvgIpc) is 3.39. The predicted molar refractivity (Wildman–Crippen MR) is 125 cm³/mol. The molecule has 1 aliphatic rings. The molecule has 0 saturated carbocycles. The second kappa shape index (κ2) is 8.76. The van der Waals surface area contributed by atoms with E-state index in [9.17, 15) is 4.79 Å². The largest absolute Gasteiger partial charge is 0.480 e. The minimum Gasteiger partial charge on any atom is -0.480 e. The first kappa shape index (κ1) is 22.0. The molecule has 0 radical (unpaired) electrons. The molecule has 166 valence electrons. The van der Waals surface area contributed by atoms with Crippen molar-refractivity contribution in [1.29, 1.82) is 0 Å². The number of fused-ring (bicyclic) bond motifs is 2. The van der Waals surface area contributed by atoms with Gasteiger partial charge in [-0.05, 0) is 61.7 Å². The van der Waals surface area contributed by atoms with Crippen molar-refractivity contribution >= 4 is 29.3 Å². The van der Waals surface area contributed by atoms with Crippen LogP contribution in [0.25, 0.3) is 33.7 Å². The predicted octanol–water partition coefficient (Wildman–Crippen LogP) is 4.80. The molecule has 0 amide bonds. The molecular weight excluding hydrogens is 428 g/mol. The van der Waals surface area contributed by atoms with Gasteiger partial charge in [-0.1, -0.05) is 17.3 Å². The number of carbonyl (C=O) groups is 1. The third kappa shape index (κ3) is 4.13. The van der Waals surface area contributed by atoms with Gasteiger partial charge in [0.1, 0.15) is 0 Å². The van der Waals surface area contributed by atoms with Crippen LogP contribution in [0, 0.1) is 0 Å². The van der Waals surface area contributed by atoms with E-state index in [2.05, 4.69) is 59.0 Å². The van der Waals surface area contributed by atoms with E-state index in [1.807, 2.05) is 23.1 Å². The van der Waals surface area contributed by atoms with Crippen LogP contribution in [0.1, 0.15) is 31.0 Å². The fourth-order valence-electron chi connectivity index (χ4n) is 4.29. The maximum absolute atomic E-state index is 11.0. The molecule has 4 aromatic rings. The van der Waals surface area contributed by atoms with Gasteiger partial charge in [0.15, 0.2) is 0 Å². The molecule has 0 spiro atoms. The lowest BCUT2D eigenvalue weighted by atomic mass is 9.97. The van der Waals surface area contributed by atoms with Crippen molar-refractivity contribution in [2.45, 2.75) is 32.9 Å². The molecule has 0 atom stereocenters. The normalized spacial score (nSPS) is 13.8. The van der Waals surface area contributed by atoms with Gasteiger partial charge in [-0.2, -0.15) is 4.98 Å². The lowest BCUT2D eigenvalue weighted by Gasteiger charge is -2.27. The Hall–Kier alpha value is -3.16. The van der Waals surface area contributed by atoms with Gasteiger partial charge in [-0.3, -0.25) is 9.69 Å². The summed E-state index contributed by atoms with van der Waals surface area (Å²) in [5.41, 5.74) is 5.30. The molecule has 1 N–H and O–H groups in total. The summed E-state index contributed by atoms with van der Waals surface area (Å²) in [4.78, 5) is 17.6. The van der Waals surface area contributed by atoms with Crippen molar-refractivity contribution in [3.05, 3.63) is 59.8 Å². The molecule has 0 aliphatic carbocycles. The van der Waals surface area contributed by atoms with Crippen LogP contribution in [0.15, 0.2) is 53.2 Å². The Bertz CT molecular complexity index is 1280. The van der Waals surface area contributed by atoms with E-state index in [1.54, 1.807) is 0 Å². The number of rotatable bonds is 5. The summed E-state index contributed by atoms with van der Waals surface area (Å²) in [7, 11) is 0. The first-order valence-corrected chi connectivity index (χ1v) is 10.5. The fourth-order valence-corrected chi connectivity index (χ4v) is 4.29. The highest BCUT2D eigenvalue weighted by Crippen LogP contribution is 2.29. The second-order valence-corrected chi connectivity index (χ2v) is 8.35. The summed E-state index contributed by atoms with van der Waals surface area (Å²) in [6.45, 7) is 5.75. The molecular formula is C24H25ClN4O3. The Morgan fingerprint density at radius 3 is 2.72 bits per heavy atom. The van der Waals surface area contributed by atoms with Crippen molar-refractivity contribution < 1.29 is 14.4 Å². The van der Waals surface area contributed by atoms with E-state index in [0.717, 1.165) is 35.0 Å². The molecule has 5 rings (SSSR count). The number of benzene rings is 2. The van der Waals surface area contributed by atoms with Gasteiger partial charge in [-0.15, -0.1) is 12.4 Å². The minimum atomic E-state index is -0.803. The van der Waals surface area contributed by atoms with Gasteiger partial charge in [0.05, 0.1) is 6.54 Å². The molecule has 2 aromatic heterocycles. The maximum atomic E-state index is 11.0. The highest BCUT2D eigenvalue weighted by atomic mass is 35.5. The average molecular weight is 453 g/mol. The van der Waals surface area contributed by atoms with E-state index in [0.29, 0.717) is 24.3 Å². The molecule has 1 aliphatic heterocycles. The first-order valence-electron chi connectivity index (χ1n) is 10.5. The number of hydrogen-bond donors (Lipinski definition) is 1. The van der Waals surface area contributed by atoms with Crippen LogP contribution in [-0.4, -0.2) is 43.8 Å². The van der Waals surface area contributed by atoms with Gasteiger partial charge >= 0.3 is 5.97 Å². The second-order valence-electron chi connectivity index (χ2n) is 8.35. The van der Waals surface area contributed by atoms with Crippen LogP contribution < -0.4 is 0 Å². The summed E-state index contributed by atoms with van der Waals surface area (Å²) in [6, 6.07) is 14.8. The summed E-state index contributed by atoms with van der Waals surface area (Å²) in [6.07, 6.45) is 2.94. The van der Waals surface area contributed by atoms with E-state index in [4.69, 9.17) is 9.63 Å². The number of aliphatic carboxylic acids is 1. The molecule has 2 aromatic carbocycles. The molecule has 7 nitrogen and oxygen atoms in total. The van der Waals surface area contributed by atoms with Gasteiger partial charge < -0.3 is 14.2 Å². The molecule has 0 bridgehead atoms. The summed E-state index contributed by atoms with van der Waals surface area (Å²) >= 11 is 0. The lowest BCUT2D eigenvalue weighted by molar-refractivity contribution is -0.138. The monoisotopic (exact) mass is 452 g/mol. The van der Waals surface area contributed by atoms with Crippen LogP contribution in [0.2, 0.25) is 0 Å². The third-order valence-corrected chi connectivity index (χ3v) is 5.86. The standard InChI is InChI=1S/C24H24N4O3.ClH/c1-15(2)28-10-8-17-11-19(5-6-21(17)28)24-25-23(26-31-24)18-4-3-16-7-9-27(14-22(29)30)13-20(16)12-18;/h3-6,8,10-12,15H,7,9,13-14H2,1-2H3,(H,29,30);1H. The van der Waals surface area contributed by atoms with E-state index >= 15 is 0 Å².